The van der Waals surface area contributed by atoms with Gasteiger partial charge in [-0.3, -0.25) is 0 Å². The number of halogens is 2. The Labute approximate surface area is 136 Å². The predicted molar refractivity (Wildman–Crippen MR) is 85.7 cm³/mol. The number of nitrogens with two attached hydrogens (primary N) is 1. The number of anilines is 1. The van der Waals surface area contributed by atoms with E-state index >= 15 is 0 Å². The zero-order valence-corrected chi connectivity index (χ0v) is 13.0. The first kappa shape index (κ1) is 15.8. The zero-order valence-electron chi connectivity index (χ0n) is 13.0. The van der Waals surface area contributed by atoms with Gasteiger partial charge in [0.2, 0.25) is 11.7 Å². The lowest BCUT2D eigenvalue weighted by molar-refractivity contribution is 0.355. The van der Waals surface area contributed by atoms with Crippen LogP contribution in [0.4, 0.5) is 14.5 Å². The Morgan fingerprint density at radius 2 is 1.58 bits per heavy atom. The maximum atomic E-state index is 13.8. The van der Waals surface area contributed by atoms with Crippen LogP contribution in [-0.2, 0) is 0 Å². The number of ether oxygens (including phenoxy) is 3. The van der Waals surface area contributed by atoms with E-state index in [1.165, 1.54) is 26.4 Å². The van der Waals surface area contributed by atoms with Crippen molar-refractivity contribution in [2.24, 2.45) is 0 Å². The summed E-state index contributed by atoms with van der Waals surface area (Å²) in [5.74, 6) is -1.44. The molecule has 0 bridgehead atoms. The van der Waals surface area contributed by atoms with Crippen LogP contribution in [0.15, 0.2) is 36.4 Å². The van der Waals surface area contributed by atoms with Gasteiger partial charge in [0.1, 0.15) is 0 Å². The Hall–Kier alpha value is -3.09. The van der Waals surface area contributed by atoms with E-state index in [-0.39, 0.29) is 17.3 Å². The van der Waals surface area contributed by atoms with Crippen LogP contribution >= 0.6 is 0 Å². The molecule has 0 atom stereocenters. The molecule has 2 aromatic carbocycles. The monoisotopic (exact) mass is 332 g/mol. The fraction of sp³-hybridized carbons (Fsp3) is 0.118. The largest absolute Gasteiger partial charge is 0.493 e. The average molecular weight is 332 g/mol. The lowest BCUT2D eigenvalue weighted by Gasteiger charge is -2.11. The van der Waals surface area contributed by atoms with Gasteiger partial charge in [-0.25, -0.2) is 9.37 Å². The van der Waals surface area contributed by atoms with E-state index in [0.717, 1.165) is 5.39 Å². The van der Waals surface area contributed by atoms with Crippen LogP contribution in [0.2, 0.25) is 0 Å². The highest BCUT2D eigenvalue weighted by Gasteiger charge is 2.14. The highest BCUT2D eigenvalue weighted by Crippen LogP contribution is 2.33. The van der Waals surface area contributed by atoms with Gasteiger partial charge in [0.05, 0.1) is 25.4 Å². The van der Waals surface area contributed by atoms with Crippen molar-refractivity contribution in [1.82, 2.24) is 4.98 Å². The summed E-state index contributed by atoms with van der Waals surface area (Å²) < 4.78 is 43.1. The third-order valence-electron chi connectivity index (χ3n) is 3.46. The van der Waals surface area contributed by atoms with Gasteiger partial charge in [0.15, 0.2) is 23.1 Å². The van der Waals surface area contributed by atoms with Gasteiger partial charge < -0.3 is 19.9 Å². The van der Waals surface area contributed by atoms with Gasteiger partial charge in [-0.05, 0) is 24.3 Å². The number of methoxy groups -OCH3 is 2. The maximum Gasteiger partial charge on any atom is 0.219 e. The SMILES string of the molecule is COc1cc2ccc(Oc3ccc(N)c(F)c3F)nc2cc1OC. The number of pyridine rings is 1. The van der Waals surface area contributed by atoms with Crippen molar-refractivity contribution in [3.8, 4) is 23.1 Å². The summed E-state index contributed by atoms with van der Waals surface area (Å²) in [6.07, 6.45) is 0. The number of aromatic nitrogens is 1. The van der Waals surface area contributed by atoms with Crippen LogP contribution in [0.3, 0.4) is 0 Å². The van der Waals surface area contributed by atoms with E-state index in [9.17, 15) is 8.78 Å². The van der Waals surface area contributed by atoms with Crippen molar-refractivity contribution >= 4 is 16.6 Å². The average Bonchev–Trinajstić information content (AvgIpc) is 2.60. The number of hydrogen-bond donors (Lipinski definition) is 1. The Balaban J connectivity index is 2.00. The maximum absolute atomic E-state index is 13.8. The molecular formula is C17H14F2N2O3. The third kappa shape index (κ3) is 2.76. The number of fused-ring (bicyclic) bond motifs is 1. The molecule has 1 heterocycles. The third-order valence-corrected chi connectivity index (χ3v) is 3.46. The molecule has 0 aliphatic carbocycles. The van der Waals surface area contributed by atoms with Crippen LogP contribution < -0.4 is 19.9 Å². The van der Waals surface area contributed by atoms with E-state index in [1.54, 1.807) is 24.3 Å². The van der Waals surface area contributed by atoms with Gasteiger partial charge in [-0.1, -0.05) is 0 Å². The number of nitrogen functional groups attached to an aromatic ring is 1. The van der Waals surface area contributed by atoms with E-state index in [4.69, 9.17) is 19.9 Å². The molecule has 1 aromatic heterocycles. The van der Waals surface area contributed by atoms with E-state index in [2.05, 4.69) is 4.98 Å². The van der Waals surface area contributed by atoms with Gasteiger partial charge in [0, 0.05) is 17.5 Å². The molecule has 0 amide bonds. The first-order valence-electron chi connectivity index (χ1n) is 6.97. The van der Waals surface area contributed by atoms with Gasteiger partial charge >= 0.3 is 0 Å². The van der Waals surface area contributed by atoms with Crippen LogP contribution in [0.5, 0.6) is 23.1 Å². The minimum absolute atomic E-state index is 0.109. The minimum atomic E-state index is -1.16. The van der Waals surface area contributed by atoms with Gasteiger partial charge in [-0.15, -0.1) is 0 Å². The molecule has 0 fully saturated rings. The zero-order chi connectivity index (χ0) is 17.3. The fourth-order valence-electron chi connectivity index (χ4n) is 2.23. The molecule has 7 heteroatoms. The lowest BCUT2D eigenvalue weighted by atomic mass is 10.2. The Morgan fingerprint density at radius 1 is 0.875 bits per heavy atom. The van der Waals surface area contributed by atoms with Crippen LogP contribution in [0.1, 0.15) is 0 Å². The Bertz CT molecular complexity index is 916. The molecule has 0 aliphatic heterocycles. The van der Waals surface area contributed by atoms with Crippen LogP contribution in [-0.4, -0.2) is 19.2 Å². The number of nitrogens with zero attached hydrogens (tertiary/aromatic N) is 1. The first-order valence-corrected chi connectivity index (χ1v) is 6.97. The molecule has 3 aromatic rings. The summed E-state index contributed by atoms with van der Waals surface area (Å²) >= 11 is 0. The molecule has 0 aliphatic rings. The van der Waals surface area contributed by atoms with Crippen molar-refractivity contribution in [2.75, 3.05) is 20.0 Å². The molecule has 0 radical (unpaired) electrons. The minimum Gasteiger partial charge on any atom is -0.493 e. The summed E-state index contributed by atoms with van der Waals surface area (Å²) in [5.41, 5.74) is 5.57. The topological polar surface area (TPSA) is 66.6 Å². The molecule has 2 N–H and O–H groups in total. The van der Waals surface area contributed by atoms with Crippen molar-refractivity contribution in [2.45, 2.75) is 0 Å². The predicted octanol–water partition coefficient (Wildman–Crippen LogP) is 3.90. The summed E-state index contributed by atoms with van der Waals surface area (Å²) in [4.78, 5) is 4.27. The second kappa shape index (κ2) is 6.19. The second-order valence-electron chi connectivity index (χ2n) is 4.93. The van der Waals surface area contributed by atoms with Crippen molar-refractivity contribution < 1.29 is 23.0 Å². The molecule has 124 valence electrons. The summed E-state index contributed by atoms with van der Waals surface area (Å²) in [7, 11) is 3.05. The van der Waals surface area contributed by atoms with Crippen molar-refractivity contribution in [1.29, 1.82) is 0 Å². The lowest BCUT2D eigenvalue weighted by Crippen LogP contribution is -1.98. The molecule has 0 spiro atoms. The van der Waals surface area contributed by atoms with E-state index in [0.29, 0.717) is 17.0 Å². The highest BCUT2D eigenvalue weighted by molar-refractivity contribution is 5.83. The first-order chi connectivity index (χ1) is 11.5. The Morgan fingerprint density at radius 3 is 2.29 bits per heavy atom. The normalized spacial score (nSPS) is 10.7. The van der Waals surface area contributed by atoms with Gasteiger partial charge in [0.25, 0.3) is 0 Å². The Kier molecular flexibility index (Phi) is 4.07. The van der Waals surface area contributed by atoms with Crippen molar-refractivity contribution in [3.63, 3.8) is 0 Å². The molecule has 3 rings (SSSR count). The number of rotatable bonds is 4. The van der Waals surface area contributed by atoms with Crippen molar-refractivity contribution in [3.05, 3.63) is 48.0 Å². The number of benzene rings is 2. The fourth-order valence-corrected chi connectivity index (χ4v) is 2.23. The highest BCUT2D eigenvalue weighted by atomic mass is 19.2. The summed E-state index contributed by atoms with van der Waals surface area (Å²) in [5, 5.41) is 0.781. The quantitative estimate of drug-likeness (QED) is 0.734. The van der Waals surface area contributed by atoms with Gasteiger partial charge in [-0.2, -0.15) is 4.39 Å². The number of hydrogen-bond acceptors (Lipinski definition) is 5. The second-order valence-corrected chi connectivity index (χ2v) is 4.93. The molecule has 0 unspecified atom stereocenters. The molecule has 24 heavy (non-hydrogen) atoms. The molecule has 5 nitrogen and oxygen atoms in total. The molecular weight excluding hydrogens is 318 g/mol. The summed E-state index contributed by atoms with van der Waals surface area (Å²) in [6, 6.07) is 9.17. The smallest absolute Gasteiger partial charge is 0.219 e. The molecule has 0 saturated heterocycles. The van der Waals surface area contributed by atoms with E-state index < -0.39 is 11.6 Å². The summed E-state index contributed by atoms with van der Waals surface area (Å²) in [6.45, 7) is 0. The standard InChI is InChI=1S/C17H14F2N2O3/c1-22-13-7-9-3-6-15(21-11(9)8-14(13)23-2)24-12-5-4-10(20)16(18)17(12)19/h3-8H,20H2,1-2H3. The van der Waals surface area contributed by atoms with E-state index in [1.807, 2.05) is 0 Å². The molecule has 0 saturated carbocycles. The van der Waals surface area contributed by atoms with Crippen LogP contribution in [0, 0.1) is 11.6 Å². The van der Waals surface area contributed by atoms with Crippen LogP contribution in [0.25, 0.3) is 10.9 Å².